The van der Waals surface area contributed by atoms with Gasteiger partial charge in [-0.3, -0.25) is 4.90 Å². The SMILES string of the molecule is CC1C(CS(C)(=O)=O)CN1C(c1ccccc1)c1ccccc1. The second-order valence-electron chi connectivity index (χ2n) is 6.51. The van der Waals surface area contributed by atoms with Crippen molar-refractivity contribution in [1.29, 1.82) is 0 Å². The van der Waals surface area contributed by atoms with Crippen LogP contribution in [0.1, 0.15) is 24.1 Å². The van der Waals surface area contributed by atoms with Gasteiger partial charge in [0.15, 0.2) is 0 Å². The first-order valence-electron chi connectivity index (χ1n) is 7.99. The van der Waals surface area contributed by atoms with Crippen molar-refractivity contribution in [2.45, 2.75) is 19.0 Å². The Morgan fingerprint density at radius 2 is 1.48 bits per heavy atom. The number of hydrogen-bond donors (Lipinski definition) is 0. The molecule has 0 saturated carbocycles. The smallest absolute Gasteiger partial charge is 0.147 e. The molecule has 0 amide bonds. The predicted octanol–water partition coefficient (Wildman–Crippen LogP) is 3.14. The van der Waals surface area contributed by atoms with Gasteiger partial charge >= 0.3 is 0 Å². The molecule has 1 saturated heterocycles. The van der Waals surface area contributed by atoms with Crippen molar-refractivity contribution in [2.24, 2.45) is 5.92 Å². The molecule has 2 atom stereocenters. The summed E-state index contributed by atoms with van der Waals surface area (Å²) in [5, 5.41) is 0. The lowest BCUT2D eigenvalue weighted by Crippen LogP contribution is -2.57. The maximum Gasteiger partial charge on any atom is 0.147 e. The minimum atomic E-state index is -2.92. The Labute approximate surface area is 138 Å². The van der Waals surface area contributed by atoms with Crippen molar-refractivity contribution >= 4 is 9.84 Å². The molecule has 0 N–H and O–H groups in total. The monoisotopic (exact) mass is 329 g/mol. The topological polar surface area (TPSA) is 37.4 Å². The van der Waals surface area contributed by atoms with Crippen LogP contribution in [0.4, 0.5) is 0 Å². The summed E-state index contributed by atoms with van der Waals surface area (Å²) in [6.07, 6.45) is 1.33. The third-order valence-electron chi connectivity index (χ3n) is 4.73. The highest BCUT2D eigenvalue weighted by Gasteiger charge is 2.41. The minimum Gasteiger partial charge on any atom is -0.289 e. The number of hydrogen-bond acceptors (Lipinski definition) is 3. The molecule has 3 nitrogen and oxygen atoms in total. The molecule has 0 radical (unpaired) electrons. The Balaban J connectivity index is 1.87. The van der Waals surface area contributed by atoms with Crippen LogP contribution in [0.15, 0.2) is 60.7 Å². The van der Waals surface area contributed by atoms with Crippen LogP contribution >= 0.6 is 0 Å². The number of benzene rings is 2. The standard InChI is InChI=1S/C19H23NO2S/c1-15-18(14-23(2,21)22)13-20(15)19(16-9-5-3-6-10-16)17-11-7-4-8-12-17/h3-12,15,18-19H,13-14H2,1-2H3. The third-order valence-corrected chi connectivity index (χ3v) is 5.76. The lowest BCUT2D eigenvalue weighted by molar-refractivity contribution is 0.0118. The molecule has 3 rings (SSSR count). The summed E-state index contributed by atoms with van der Waals surface area (Å²) in [7, 11) is -2.92. The lowest BCUT2D eigenvalue weighted by atomic mass is 9.85. The molecule has 1 fully saturated rings. The quantitative estimate of drug-likeness (QED) is 0.846. The first-order chi connectivity index (χ1) is 11.0. The third kappa shape index (κ3) is 3.65. The molecule has 0 aliphatic carbocycles. The molecule has 0 spiro atoms. The van der Waals surface area contributed by atoms with Crippen LogP contribution in [0.5, 0.6) is 0 Å². The largest absolute Gasteiger partial charge is 0.289 e. The Bertz CT molecular complexity index is 704. The van der Waals surface area contributed by atoms with Gasteiger partial charge in [0.1, 0.15) is 9.84 Å². The molecule has 2 aromatic carbocycles. The summed E-state index contributed by atoms with van der Waals surface area (Å²) in [5.41, 5.74) is 2.51. The van der Waals surface area contributed by atoms with Crippen molar-refractivity contribution in [3.05, 3.63) is 71.8 Å². The van der Waals surface area contributed by atoms with Gasteiger partial charge in [0.25, 0.3) is 0 Å². The van der Waals surface area contributed by atoms with Gasteiger partial charge in [-0.15, -0.1) is 0 Å². The first-order valence-corrected chi connectivity index (χ1v) is 10.0. The molecule has 122 valence electrons. The molecule has 1 heterocycles. The van der Waals surface area contributed by atoms with Gasteiger partial charge in [-0.25, -0.2) is 8.42 Å². The fourth-order valence-electron chi connectivity index (χ4n) is 3.49. The van der Waals surface area contributed by atoms with Crippen LogP contribution in [-0.2, 0) is 9.84 Å². The highest BCUT2D eigenvalue weighted by atomic mass is 32.2. The number of nitrogens with zero attached hydrogens (tertiary/aromatic N) is 1. The highest BCUT2D eigenvalue weighted by Crippen LogP contribution is 2.38. The summed E-state index contributed by atoms with van der Waals surface area (Å²) in [6.45, 7) is 2.96. The molecular formula is C19H23NO2S. The van der Waals surface area contributed by atoms with Crippen molar-refractivity contribution in [1.82, 2.24) is 4.90 Å². The molecule has 4 heteroatoms. The van der Waals surface area contributed by atoms with E-state index in [2.05, 4.69) is 60.4 Å². The maximum atomic E-state index is 11.6. The van der Waals surface area contributed by atoms with Crippen molar-refractivity contribution in [3.8, 4) is 0 Å². The van der Waals surface area contributed by atoms with Gasteiger partial charge in [-0.2, -0.15) is 0 Å². The van der Waals surface area contributed by atoms with E-state index < -0.39 is 9.84 Å². The van der Waals surface area contributed by atoms with Crippen LogP contribution in [0.3, 0.4) is 0 Å². The molecule has 0 aromatic heterocycles. The van der Waals surface area contributed by atoms with E-state index in [1.807, 2.05) is 12.1 Å². The zero-order valence-corrected chi connectivity index (χ0v) is 14.4. The summed E-state index contributed by atoms with van der Waals surface area (Å²) in [6, 6.07) is 21.3. The van der Waals surface area contributed by atoms with Crippen LogP contribution in [-0.4, -0.2) is 37.9 Å². The summed E-state index contributed by atoms with van der Waals surface area (Å²) in [4.78, 5) is 2.40. The van der Waals surface area contributed by atoms with Gasteiger partial charge in [-0.05, 0) is 18.1 Å². The maximum absolute atomic E-state index is 11.6. The summed E-state index contributed by atoms with van der Waals surface area (Å²) in [5.74, 6) is 0.501. The minimum absolute atomic E-state index is 0.184. The fraction of sp³-hybridized carbons (Fsp3) is 0.368. The Hall–Kier alpha value is -1.65. The molecule has 0 bridgehead atoms. The molecule has 1 aliphatic heterocycles. The van der Waals surface area contributed by atoms with E-state index in [-0.39, 0.29) is 23.8 Å². The average Bonchev–Trinajstić information content (AvgIpc) is 2.54. The van der Waals surface area contributed by atoms with Gasteiger partial charge in [0, 0.05) is 24.8 Å². The van der Waals surface area contributed by atoms with Gasteiger partial charge in [-0.1, -0.05) is 60.7 Å². The Morgan fingerprint density at radius 1 is 1.00 bits per heavy atom. The van der Waals surface area contributed by atoms with Crippen molar-refractivity contribution < 1.29 is 8.42 Å². The zero-order chi connectivity index (χ0) is 16.4. The van der Waals surface area contributed by atoms with E-state index in [9.17, 15) is 8.42 Å². The molecule has 2 aromatic rings. The van der Waals surface area contributed by atoms with Crippen LogP contribution in [0.2, 0.25) is 0 Å². The first kappa shape index (κ1) is 16.2. The van der Waals surface area contributed by atoms with E-state index in [1.54, 1.807) is 0 Å². The van der Waals surface area contributed by atoms with Gasteiger partial charge in [0.2, 0.25) is 0 Å². The molecular weight excluding hydrogens is 306 g/mol. The Morgan fingerprint density at radius 3 is 1.87 bits per heavy atom. The van der Waals surface area contributed by atoms with Crippen LogP contribution < -0.4 is 0 Å². The predicted molar refractivity (Wildman–Crippen MR) is 94.1 cm³/mol. The number of likely N-dealkylation sites (tertiary alicyclic amines) is 1. The normalized spacial score (nSPS) is 22.0. The van der Waals surface area contributed by atoms with Crippen molar-refractivity contribution in [3.63, 3.8) is 0 Å². The van der Waals surface area contributed by atoms with E-state index in [0.29, 0.717) is 0 Å². The van der Waals surface area contributed by atoms with E-state index >= 15 is 0 Å². The van der Waals surface area contributed by atoms with Gasteiger partial charge in [0.05, 0.1) is 11.8 Å². The molecule has 1 aliphatic rings. The van der Waals surface area contributed by atoms with E-state index in [0.717, 1.165) is 6.54 Å². The second kappa shape index (κ2) is 6.46. The van der Waals surface area contributed by atoms with E-state index in [1.165, 1.54) is 17.4 Å². The molecule has 23 heavy (non-hydrogen) atoms. The zero-order valence-electron chi connectivity index (χ0n) is 13.6. The van der Waals surface area contributed by atoms with Crippen LogP contribution in [0.25, 0.3) is 0 Å². The summed E-state index contributed by atoms with van der Waals surface area (Å²) < 4.78 is 23.2. The van der Waals surface area contributed by atoms with Crippen molar-refractivity contribution in [2.75, 3.05) is 18.6 Å². The lowest BCUT2D eigenvalue weighted by Gasteiger charge is -2.50. The number of sulfone groups is 1. The van der Waals surface area contributed by atoms with E-state index in [4.69, 9.17) is 0 Å². The summed E-state index contributed by atoms with van der Waals surface area (Å²) >= 11 is 0. The number of rotatable bonds is 5. The average molecular weight is 329 g/mol. The Kier molecular flexibility index (Phi) is 4.55. The van der Waals surface area contributed by atoms with Gasteiger partial charge < -0.3 is 0 Å². The van der Waals surface area contributed by atoms with Crippen LogP contribution in [0, 0.1) is 5.92 Å². The second-order valence-corrected chi connectivity index (χ2v) is 8.70. The molecule has 2 unspecified atom stereocenters. The highest BCUT2D eigenvalue weighted by molar-refractivity contribution is 7.90. The fourth-order valence-corrected chi connectivity index (χ4v) is 4.65.